The van der Waals surface area contributed by atoms with Gasteiger partial charge in [0, 0.05) is 17.0 Å². The highest BCUT2D eigenvalue weighted by atomic mass is 35.5. The molecule has 0 N–H and O–H groups in total. The van der Waals surface area contributed by atoms with Crippen molar-refractivity contribution in [3.8, 4) is 0 Å². The second-order valence-electron chi connectivity index (χ2n) is 2.75. The second-order valence-corrected chi connectivity index (χ2v) is 4.00. The van der Waals surface area contributed by atoms with Crippen LogP contribution >= 0.6 is 23.4 Å². The molecule has 0 radical (unpaired) electrons. The molecule has 0 aromatic heterocycles. The predicted octanol–water partition coefficient (Wildman–Crippen LogP) is 3.83. The topological polar surface area (TPSA) is 0 Å². The van der Waals surface area contributed by atoms with Crippen LogP contribution in [0.4, 0.5) is 0 Å². The summed E-state index contributed by atoms with van der Waals surface area (Å²) in [5.41, 5.74) is 4.26. The molecule has 0 aliphatic heterocycles. The molecular formula is C9H15ClS. The average Bonchev–Trinajstić information content (AvgIpc) is 1.97. The third kappa shape index (κ3) is 8.02. The number of hydrogen-bond acceptors (Lipinski definition) is 1. The van der Waals surface area contributed by atoms with Crippen molar-refractivity contribution in [3.05, 3.63) is 22.8 Å². The number of allylic oxidation sites excluding steroid dienone is 1. The van der Waals surface area contributed by atoms with Gasteiger partial charge in [-0.3, -0.25) is 0 Å². The number of thioether (sulfide) groups is 1. The molecular weight excluding hydrogens is 176 g/mol. The van der Waals surface area contributed by atoms with Gasteiger partial charge in [-0.2, -0.15) is 11.8 Å². The standard InChI is InChI=1S/C9H15ClS/c1-8(2)4-5-11-7-9(3)6-10/h4,6H,5,7H2,1-3H3/b9-6+. The maximum absolute atomic E-state index is 5.50. The molecule has 0 nitrogen and oxygen atoms in total. The Labute approximate surface area is 78.7 Å². The van der Waals surface area contributed by atoms with Gasteiger partial charge >= 0.3 is 0 Å². The smallest absolute Gasteiger partial charge is 0.0155 e. The fourth-order valence-corrected chi connectivity index (χ4v) is 1.62. The first-order valence-corrected chi connectivity index (χ1v) is 5.23. The second kappa shape index (κ2) is 6.81. The quantitative estimate of drug-likeness (QED) is 0.480. The molecule has 0 saturated carbocycles. The molecule has 0 aromatic rings. The molecule has 0 fully saturated rings. The largest absolute Gasteiger partial charge is 0.153 e. The van der Waals surface area contributed by atoms with Gasteiger partial charge in [0.05, 0.1) is 0 Å². The Morgan fingerprint density at radius 3 is 2.45 bits per heavy atom. The Morgan fingerprint density at radius 1 is 1.36 bits per heavy atom. The van der Waals surface area contributed by atoms with Crippen LogP contribution in [0.3, 0.4) is 0 Å². The highest BCUT2D eigenvalue weighted by Crippen LogP contribution is 2.08. The molecule has 64 valence electrons. The van der Waals surface area contributed by atoms with Gasteiger partial charge < -0.3 is 0 Å². The molecule has 0 bridgehead atoms. The fourth-order valence-electron chi connectivity index (χ4n) is 0.477. The van der Waals surface area contributed by atoms with Gasteiger partial charge in [-0.25, -0.2) is 0 Å². The molecule has 0 rings (SSSR count). The third-order valence-corrected chi connectivity index (χ3v) is 2.56. The first-order valence-electron chi connectivity index (χ1n) is 3.63. The van der Waals surface area contributed by atoms with Gasteiger partial charge in [0.1, 0.15) is 0 Å². The fraction of sp³-hybridized carbons (Fsp3) is 0.556. The van der Waals surface area contributed by atoms with E-state index in [1.54, 1.807) is 5.54 Å². The van der Waals surface area contributed by atoms with Crippen LogP contribution in [-0.4, -0.2) is 11.5 Å². The van der Waals surface area contributed by atoms with Gasteiger partial charge in [0.15, 0.2) is 0 Å². The summed E-state index contributed by atoms with van der Waals surface area (Å²) < 4.78 is 0. The summed E-state index contributed by atoms with van der Waals surface area (Å²) in [6.45, 7) is 6.28. The molecule has 2 heteroatoms. The van der Waals surface area contributed by atoms with E-state index in [9.17, 15) is 0 Å². The maximum atomic E-state index is 5.50. The van der Waals surface area contributed by atoms with Crippen molar-refractivity contribution < 1.29 is 0 Å². The molecule has 0 saturated heterocycles. The zero-order chi connectivity index (χ0) is 8.69. The highest BCUT2D eigenvalue weighted by molar-refractivity contribution is 7.99. The summed E-state index contributed by atoms with van der Waals surface area (Å²) in [4.78, 5) is 0. The van der Waals surface area contributed by atoms with E-state index in [1.165, 1.54) is 11.1 Å². The van der Waals surface area contributed by atoms with Crippen LogP contribution < -0.4 is 0 Å². The van der Waals surface area contributed by atoms with E-state index in [0.29, 0.717) is 0 Å². The van der Waals surface area contributed by atoms with Crippen LogP contribution in [0.1, 0.15) is 20.8 Å². The Hall–Kier alpha value is 0.120. The van der Waals surface area contributed by atoms with Crippen LogP contribution in [0, 0.1) is 0 Å². The summed E-state index contributed by atoms with van der Waals surface area (Å²) in [6, 6.07) is 0. The van der Waals surface area contributed by atoms with E-state index in [-0.39, 0.29) is 0 Å². The van der Waals surface area contributed by atoms with Gasteiger partial charge in [0.25, 0.3) is 0 Å². The van der Waals surface area contributed by atoms with E-state index in [1.807, 2.05) is 18.7 Å². The van der Waals surface area contributed by atoms with Gasteiger partial charge in [-0.1, -0.05) is 28.8 Å². The van der Waals surface area contributed by atoms with Crippen LogP contribution in [0.2, 0.25) is 0 Å². The summed E-state index contributed by atoms with van der Waals surface area (Å²) in [5.74, 6) is 2.12. The average molecular weight is 191 g/mol. The predicted molar refractivity (Wildman–Crippen MR) is 56.4 cm³/mol. The van der Waals surface area contributed by atoms with E-state index < -0.39 is 0 Å². The van der Waals surface area contributed by atoms with Crippen molar-refractivity contribution >= 4 is 23.4 Å². The van der Waals surface area contributed by atoms with Crippen molar-refractivity contribution in [2.75, 3.05) is 11.5 Å². The minimum Gasteiger partial charge on any atom is -0.153 e. The Morgan fingerprint density at radius 2 is 2.00 bits per heavy atom. The van der Waals surface area contributed by atoms with E-state index in [0.717, 1.165) is 11.5 Å². The molecule has 0 aliphatic carbocycles. The lowest BCUT2D eigenvalue weighted by atomic mass is 10.3. The van der Waals surface area contributed by atoms with E-state index >= 15 is 0 Å². The van der Waals surface area contributed by atoms with Crippen molar-refractivity contribution in [2.24, 2.45) is 0 Å². The lowest BCUT2D eigenvalue weighted by Crippen LogP contribution is -1.81. The Bertz CT molecular complexity index is 155. The van der Waals surface area contributed by atoms with Crippen molar-refractivity contribution in [1.29, 1.82) is 0 Å². The molecule has 0 amide bonds. The molecule has 0 spiro atoms. The molecule has 0 unspecified atom stereocenters. The number of hydrogen-bond donors (Lipinski definition) is 0. The van der Waals surface area contributed by atoms with E-state index in [2.05, 4.69) is 19.9 Å². The van der Waals surface area contributed by atoms with Crippen molar-refractivity contribution in [3.63, 3.8) is 0 Å². The highest BCUT2D eigenvalue weighted by Gasteiger charge is 1.87. The molecule has 0 aromatic carbocycles. The lowest BCUT2D eigenvalue weighted by molar-refractivity contribution is 1.36. The molecule has 0 atom stereocenters. The lowest BCUT2D eigenvalue weighted by Gasteiger charge is -1.96. The minimum absolute atomic E-state index is 1.04. The maximum Gasteiger partial charge on any atom is 0.0155 e. The zero-order valence-corrected chi connectivity index (χ0v) is 8.93. The number of rotatable bonds is 4. The summed E-state index contributed by atoms with van der Waals surface area (Å²) in [5, 5.41) is 0. The summed E-state index contributed by atoms with van der Waals surface area (Å²) in [7, 11) is 0. The van der Waals surface area contributed by atoms with Crippen LogP contribution in [-0.2, 0) is 0 Å². The van der Waals surface area contributed by atoms with Crippen LogP contribution in [0.25, 0.3) is 0 Å². The van der Waals surface area contributed by atoms with Crippen molar-refractivity contribution in [1.82, 2.24) is 0 Å². The van der Waals surface area contributed by atoms with Gasteiger partial charge in [0.2, 0.25) is 0 Å². The SMILES string of the molecule is CC(C)=CCSC/C(C)=C/Cl. The first-order chi connectivity index (χ1) is 5.16. The number of halogens is 1. The summed E-state index contributed by atoms with van der Waals surface area (Å²) in [6.07, 6.45) is 2.23. The van der Waals surface area contributed by atoms with Gasteiger partial charge in [-0.05, 0) is 20.8 Å². The van der Waals surface area contributed by atoms with Crippen molar-refractivity contribution in [2.45, 2.75) is 20.8 Å². The molecule has 0 aliphatic rings. The Kier molecular flexibility index (Phi) is 6.88. The molecule has 0 heterocycles. The first kappa shape index (κ1) is 11.1. The monoisotopic (exact) mass is 190 g/mol. The third-order valence-electron chi connectivity index (χ3n) is 1.13. The minimum atomic E-state index is 1.04. The van der Waals surface area contributed by atoms with Crippen LogP contribution in [0.15, 0.2) is 22.8 Å². The van der Waals surface area contributed by atoms with Crippen LogP contribution in [0.5, 0.6) is 0 Å². The summed E-state index contributed by atoms with van der Waals surface area (Å²) >= 11 is 7.39. The zero-order valence-electron chi connectivity index (χ0n) is 7.36. The van der Waals surface area contributed by atoms with Gasteiger partial charge in [-0.15, -0.1) is 0 Å². The Balaban J connectivity index is 3.36. The van der Waals surface area contributed by atoms with E-state index in [4.69, 9.17) is 11.6 Å². The molecule has 11 heavy (non-hydrogen) atoms. The normalized spacial score (nSPS) is 11.5.